The van der Waals surface area contributed by atoms with E-state index < -0.39 is 11.8 Å². The molecule has 0 fully saturated rings. The average Bonchev–Trinajstić information content (AvgIpc) is 3.53. The first-order chi connectivity index (χ1) is 15.5. The van der Waals surface area contributed by atoms with Crippen molar-refractivity contribution in [2.75, 3.05) is 14.2 Å². The minimum absolute atomic E-state index is 0.0691. The molecule has 0 aliphatic carbocycles. The van der Waals surface area contributed by atoms with Crippen LogP contribution in [0.5, 0.6) is 11.5 Å². The normalized spacial score (nSPS) is 10.6. The maximum Gasteiger partial charge on any atom is 0.311 e. The number of hydrogen-bond acceptors (Lipinski definition) is 7. The second-order valence-corrected chi connectivity index (χ2v) is 6.80. The number of imide groups is 1. The van der Waals surface area contributed by atoms with Crippen molar-refractivity contribution in [2.24, 2.45) is 5.84 Å². The van der Waals surface area contributed by atoms with E-state index in [2.05, 4.69) is 0 Å². The van der Waals surface area contributed by atoms with Gasteiger partial charge in [0.25, 0.3) is 5.91 Å². The molecule has 0 spiro atoms. The zero-order chi connectivity index (χ0) is 22.7. The molecular formula is C24H20N2O6. The molecule has 8 heteroatoms. The lowest BCUT2D eigenvalue weighted by atomic mass is 9.96. The van der Waals surface area contributed by atoms with Crippen LogP contribution in [0.3, 0.4) is 0 Å². The minimum Gasteiger partial charge on any atom is -0.497 e. The molecular weight excluding hydrogens is 412 g/mol. The van der Waals surface area contributed by atoms with Gasteiger partial charge in [-0.2, -0.15) is 0 Å². The number of ether oxygens (including phenoxy) is 2. The maximum absolute atomic E-state index is 13.2. The zero-order valence-corrected chi connectivity index (χ0v) is 17.4. The first-order valence-electron chi connectivity index (χ1n) is 9.59. The van der Waals surface area contributed by atoms with Gasteiger partial charge in [0.1, 0.15) is 17.8 Å². The Bertz CT molecular complexity index is 1220. The van der Waals surface area contributed by atoms with Crippen LogP contribution in [0.25, 0.3) is 22.3 Å². The predicted molar refractivity (Wildman–Crippen MR) is 116 cm³/mol. The Balaban J connectivity index is 1.80. The molecule has 0 saturated heterocycles. The van der Waals surface area contributed by atoms with Gasteiger partial charge >= 0.3 is 5.91 Å². The van der Waals surface area contributed by atoms with Crippen molar-refractivity contribution >= 4 is 11.8 Å². The third-order valence-electron chi connectivity index (χ3n) is 4.97. The molecule has 2 aromatic carbocycles. The van der Waals surface area contributed by atoms with Crippen molar-refractivity contribution in [1.29, 1.82) is 0 Å². The number of hydrogen-bond donors (Lipinski definition) is 1. The van der Waals surface area contributed by atoms with E-state index in [0.29, 0.717) is 33.2 Å². The van der Waals surface area contributed by atoms with Crippen LogP contribution in [-0.2, 0) is 0 Å². The number of hydrazine groups is 1. The van der Waals surface area contributed by atoms with Crippen LogP contribution in [-0.4, -0.2) is 31.0 Å². The Hall–Kier alpha value is -4.30. The quantitative estimate of drug-likeness (QED) is 0.208. The molecule has 4 rings (SSSR count). The van der Waals surface area contributed by atoms with Gasteiger partial charge in [-0.3, -0.25) is 9.59 Å². The van der Waals surface area contributed by atoms with Gasteiger partial charge in [-0.15, -0.1) is 0 Å². The summed E-state index contributed by atoms with van der Waals surface area (Å²) in [7, 11) is 3.15. The topological polar surface area (TPSA) is 108 Å². The molecule has 0 aliphatic heterocycles. The molecule has 0 radical (unpaired) electrons. The number of carbonyl (C=O) groups excluding carboxylic acids is 2. The Morgan fingerprint density at radius 3 is 1.94 bits per heavy atom. The van der Waals surface area contributed by atoms with Crippen LogP contribution in [0, 0.1) is 0 Å². The lowest BCUT2D eigenvalue weighted by Crippen LogP contribution is -2.42. The molecule has 162 valence electrons. The highest BCUT2D eigenvalue weighted by molar-refractivity contribution is 6.12. The third kappa shape index (κ3) is 3.86. The van der Waals surface area contributed by atoms with Crippen LogP contribution in [0.15, 0.2) is 82.2 Å². The SMILES string of the molecule is COc1ccc(-c2coc(C(=O)N(N)C(=O)c3ccoc3)c2-c2ccc(OC)cc2)cc1. The molecule has 0 bridgehead atoms. The maximum atomic E-state index is 13.2. The Kier molecular flexibility index (Phi) is 5.78. The second-order valence-electron chi connectivity index (χ2n) is 6.80. The van der Waals surface area contributed by atoms with Crippen LogP contribution >= 0.6 is 0 Å². The van der Waals surface area contributed by atoms with Gasteiger partial charge in [0.2, 0.25) is 5.76 Å². The monoisotopic (exact) mass is 432 g/mol. The van der Waals surface area contributed by atoms with Gasteiger partial charge in [0.05, 0.1) is 32.3 Å². The molecule has 2 N–H and O–H groups in total. The molecule has 0 saturated carbocycles. The Morgan fingerprint density at radius 1 is 0.812 bits per heavy atom. The van der Waals surface area contributed by atoms with E-state index in [9.17, 15) is 9.59 Å². The van der Waals surface area contributed by atoms with Crippen molar-refractivity contribution in [3.05, 3.63) is 84.7 Å². The highest BCUT2D eigenvalue weighted by atomic mass is 16.5. The summed E-state index contributed by atoms with van der Waals surface area (Å²) >= 11 is 0. The van der Waals surface area contributed by atoms with Crippen LogP contribution in [0.2, 0.25) is 0 Å². The first-order valence-corrected chi connectivity index (χ1v) is 9.59. The van der Waals surface area contributed by atoms with E-state index in [-0.39, 0.29) is 11.3 Å². The largest absolute Gasteiger partial charge is 0.497 e. The van der Waals surface area contributed by atoms with E-state index in [4.69, 9.17) is 24.2 Å². The molecule has 8 nitrogen and oxygen atoms in total. The van der Waals surface area contributed by atoms with Gasteiger partial charge in [-0.05, 0) is 41.5 Å². The highest BCUT2D eigenvalue weighted by Crippen LogP contribution is 2.38. The number of furan rings is 2. The smallest absolute Gasteiger partial charge is 0.311 e. The molecule has 32 heavy (non-hydrogen) atoms. The van der Waals surface area contributed by atoms with Crippen molar-refractivity contribution in [2.45, 2.75) is 0 Å². The summed E-state index contributed by atoms with van der Waals surface area (Å²) < 4.78 is 21.0. The number of nitrogens with zero attached hydrogens (tertiary/aromatic N) is 1. The van der Waals surface area contributed by atoms with Crippen molar-refractivity contribution in [3.63, 3.8) is 0 Å². The van der Waals surface area contributed by atoms with E-state index >= 15 is 0 Å². The standard InChI is InChI=1S/C24H20N2O6/c1-29-18-7-3-15(4-8-18)20-14-32-22(21(20)16-5-9-19(30-2)10-6-16)24(28)26(25)23(27)17-11-12-31-13-17/h3-14H,25H2,1-2H3. The van der Waals surface area contributed by atoms with Gasteiger partial charge in [0, 0.05) is 11.1 Å². The molecule has 0 atom stereocenters. The van der Waals surface area contributed by atoms with E-state index in [1.807, 2.05) is 12.1 Å². The van der Waals surface area contributed by atoms with E-state index in [1.165, 1.54) is 24.9 Å². The van der Waals surface area contributed by atoms with E-state index in [0.717, 1.165) is 5.56 Å². The first kappa shape index (κ1) is 21.0. The lowest BCUT2D eigenvalue weighted by Gasteiger charge is -2.14. The van der Waals surface area contributed by atoms with Crippen molar-refractivity contribution in [1.82, 2.24) is 5.01 Å². The minimum atomic E-state index is -0.790. The number of nitrogens with two attached hydrogens (primary N) is 1. The molecule has 0 unspecified atom stereocenters. The average molecular weight is 432 g/mol. The summed E-state index contributed by atoms with van der Waals surface area (Å²) in [6.45, 7) is 0. The van der Waals surface area contributed by atoms with Crippen molar-refractivity contribution in [3.8, 4) is 33.8 Å². The fourth-order valence-corrected chi connectivity index (χ4v) is 3.27. The summed E-state index contributed by atoms with van der Waals surface area (Å²) in [4.78, 5) is 25.7. The number of rotatable bonds is 6. The lowest BCUT2D eigenvalue weighted by molar-refractivity contribution is 0.0596. The predicted octanol–water partition coefficient (Wildman–Crippen LogP) is 4.38. The second kappa shape index (κ2) is 8.83. The van der Waals surface area contributed by atoms with Crippen LogP contribution in [0.4, 0.5) is 0 Å². The molecule has 0 aliphatic rings. The van der Waals surface area contributed by atoms with Gasteiger partial charge in [-0.25, -0.2) is 10.9 Å². The summed E-state index contributed by atoms with van der Waals surface area (Å²) in [5.41, 5.74) is 2.79. The van der Waals surface area contributed by atoms with E-state index in [1.54, 1.807) is 50.6 Å². The summed E-state index contributed by atoms with van der Waals surface area (Å²) in [6, 6.07) is 15.9. The molecule has 2 aromatic heterocycles. The van der Waals surface area contributed by atoms with Gasteiger partial charge < -0.3 is 18.3 Å². The molecule has 2 amide bonds. The third-order valence-corrected chi connectivity index (χ3v) is 4.97. The Labute approximate surface area is 183 Å². The van der Waals surface area contributed by atoms with Crippen LogP contribution in [0.1, 0.15) is 20.9 Å². The zero-order valence-electron chi connectivity index (χ0n) is 17.4. The number of carbonyl (C=O) groups is 2. The fraction of sp³-hybridized carbons (Fsp3) is 0.0833. The molecule has 2 heterocycles. The summed E-state index contributed by atoms with van der Waals surface area (Å²) in [5, 5.41) is 0.508. The summed E-state index contributed by atoms with van der Waals surface area (Å²) in [6.07, 6.45) is 4.00. The number of methoxy groups -OCH3 is 2. The van der Waals surface area contributed by atoms with Gasteiger partial charge in [-0.1, -0.05) is 24.3 Å². The number of benzene rings is 2. The highest BCUT2D eigenvalue weighted by Gasteiger charge is 2.29. The summed E-state index contributed by atoms with van der Waals surface area (Å²) in [5.74, 6) is 5.64. The van der Waals surface area contributed by atoms with Crippen LogP contribution < -0.4 is 15.3 Å². The van der Waals surface area contributed by atoms with Gasteiger partial charge in [0.15, 0.2) is 0 Å². The fourth-order valence-electron chi connectivity index (χ4n) is 3.27. The Morgan fingerprint density at radius 2 is 1.41 bits per heavy atom. The molecule has 4 aromatic rings. The number of amides is 2. The van der Waals surface area contributed by atoms with Crippen molar-refractivity contribution < 1.29 is 27.9 Å².